The molecule has 2 N–H and O–H groups in total. The Morgan fingerprint density at radius 2 is 1.85 bits per heavy atom. The van der Waals surface area contributed by atoms with Gasteiger partial charge in [0.05, 0.1) is 16.4 Å². The average molecular weight is 661 g/mol. The molecule has 3 atom stereocenters. The number of para-hydroxylation sites is 1. The van der Waals surface area contributed by atoms with E-state index in [1.807, 2.05) is 55.5 Å². The van der Waals surface area contributed by atoms with E-state index in [-0.39, 0.29) is 11.6 Å². The van der Waals surface area contributed by atoms with Crippen LogP contribution < -0.4 is 10.2 Å². The number of rotatable bonds is 7. The van der Waals surface area contributed by atoms with Crippen LogP contribution in [0.25, 0.3) is 21.3 Å². The predicted molar refractivity (Wildman–Crippen MR) is 189 cm³/mol. The molecule has 4 heterocycles. The first kappa shape index (κ1) is 30.7. The van der Waals surface area contributed by atoms with E-state index >= 15 is 0 Å². The number of carbonyl (C=O) groups excluding carboxylic acids is 1. The number of anilines is 2. The van der Waals surface area contributed by atoms with Gasteiger partial charge in [0.1, 0.15) is 5.82 Å². The summed E-state index contributed by atoms with van der Waals surface area (Å²) >= 11 is 1.45. The van der Waals surface area contributed by atoms with Gasteiger partial charge in [0.2, 0.25) is 0 Å². The van der Waals surface area contributed by atoms with Gasteiger partial charge in [-0.25, -0.2) is 14.8 Å². The van der Waals surface area contributed by atoms with Crippen LogP contribution in [0.3, 0.4) is 0 Å². The van der Waals surface area contributed by atoms with Crippen molar-refractivity contribution in [1.82, 2.24) is 19.7 Å². The number of carboxylic acids is 1. The number of pyridine rings is 1. The number of hydrogen-bond donors (Lipinski definition) is 2. The molecule has 0 radical (unpaired) electrons. The second kappa shape index (κ2) is 11.8. The van der Waals surface area contributed by atoms with Gasteiger partial charge in [-0.2, -0.15) is 5.10 Å². The number of nitrogens with zero attached hydrogens (tertiary/aromatic N) is 5. The standard InChI is InChI=1S/C38H40N6O3S/c1-22-29(19-39-44(22)20-23-11-12-25-18-26(17-23)38(25,2)3)27-13-14-33(41-34(27)36(46)47)43-16-15-24-7-6-8-28(30(24)21-43)35(45)42-37-40-31-9-4-5-10-32(31)48-37/h4-10,13-14,19,23,25-26H,11-12,15-18,20-21H2,1-3H3,(H,46,47)(H,40,42,45). The molecule has 10 heteroatoms. The van der Waals surface area contributed by atoms with Crippen molar-refractivity contribution < 1.29 is 14.7 Å². The maximum atomic E-state index is 13.5. The Hall–Kier alpha value is -4.57. The lowest BCUT2D eigenvalue weighted by Crippen LogP contribution is -2.43. The number of carbonyl (C=O) groups is 2. The van der Waals surface area contributed by atoms with Crippen molar-refractivity contribution in [3.8, 4) is 11.1 Å². The molecular weight excluding hydrogens is 621 g/mol. The van der Waals surface area contributed by atoms with Crippen molar-refractivity contribution in [2.45, 2.75) is 66.0 Å². The Labute approximate surface area is 284 Å². The molecule has 48 heavy (non-hydrogen) atoms. The second-order valence-electron chi connectivity index (χ2n) is 14.4. The molecule has 4 aliphatic rings. The molecule has 2 bridgehead atoms. The summed E-state index contributed by atoms with van der Waals surface area (Å²) in [7, 11) is 0. The highest BCUT2D eigenvalue weighted by atomic mass is 32.1. The van der Waals surface area contributed by atoms with Gasteiger partial charge in [-0.1, -0.05) is 49.4 Å². The highest BCUT2D eigenvalue weighted by Gasteiger charge is 2.50. The number of hydrogen-bond acceptors (Lipinski definition) is 7. The molecular formula is C38H40N6O3S. The minimum atomic E-state index is -1.07. The Balaban J connectivity index is 1.02. The third kappa shape index (κ3) is 5.36. The molecule has 9 rings (SSSR count). The SMILES string of the molecule is Cc1c(-c2ccc(N3CCc4cccc(C(=O)Nc5nc6ccccc6s5)c4C3)nc2C(=O)O)cnn1CC1CCC2CC(C1)C2(C)C. The highest BCUT2D eigenvalue weighted by molar-refractivity contribution is 7.22. The molecule has 5 aromatic rings. The van der Waals surface area contributed by atoms with Crippen molar-refractivity contribution in [2.75, 3.05) is 16.8 Å². The van der Waals surface area contributed by atoms with Crippen molar-refractivity contribution in [2.24, 2.45) is 23.2 Å². The van der Waals surface area contributed by atoms with Crippen molar-refractivity contribution >= 4 is 44.4 Å². The molecule has 0 spiro atoms. The van der Waals surface area contributed by atoms with Crippen LogP contribution in [0, 0.1) is 30.1 Å². The minimum Gasteiger partial charge on any atom is -0.476 e. The first-order chi connectivity index (χ1) is 23.2. The normalized spacial score (nSPS) is 21.3. The maximum Gasteiger partial charge on any atom is 0.355 e. The van der Waals surface area contributed by atoms with E-state index in [1.165, 1.54) is 37.0 Å². The van der Waals surface area contributed by atoms with Gasteiger partial charge in [0.15, 0.2) is 10.8 Å². The van der Waals surface area contributed by atoms with Crippen LogP contribution in [0.2, 0.25) is 0 Å². The van der Waals surface area contributed by atoms with Crippen molar-refractivity contribution in [3.63, 3.8) is 0 Å². The number of fused-ring (bicyclic) bond motifs is 5. The molecule has 9 nitrogen and oxygen atoms in total. The third-order valence-electron chi connectivity index (χ3n) is 11.5. The van der Waals surface area contributed by atoms with Gasteiger partial charge in [-0.3, -0.25) is 14.8 Å². The maximum absolute atomic E-state index is 13.5. The number of nitrogens with one attached hydrogen (secondary N) is 1. The number of amides is 1. The van der Waals surface area contributed by atoms with Crippen LogP contribution in [0.4, 0.5) is 10.9 Å². The summed E-state index contributed by atoms with van der Waals surface area (Å²) in [4.78, 5) is 37.5. The van der Waals surface area contributed by atoms with E-state index in [0.717, 1.165) is 57.4 Å². The summed E-state index contributed by atoms with van der Waals surface area (Å²) in [6, 6.07) is 17.4. The van der Waals surface area contributed by atoms with E-state index in [2.05, 4.69) is 39.8 Å². The van der Waals surface area contributed by atoms with Crippen LogP contribution in [-0.2, 0) is 19.5 Å². The van der Waals surface area contributed by atoms with Gasteiger partial charge in [0.25, 0.3) is 5.91 Å². The van der Waals surface area contributed by atoms with E-state index in [1.54, 1.807) is 6.20 Å². The van der Waals surface area contributed by atoms with E-state index in [4.69, 9.17) is 10.1 Å². The Morgan fingerprint density at radius 3 is 2.67 bits per heavy atom. The van der Waals surface area contributed by atoms with Crippen LogP contribution >= 0.6 is 11.3 Å². The first-order valence-electron chi connectivity index (χ1n) is 17.0. The number of aromatic carboxylic acids is 1. The zero-order valence-corrected chi connectivity index (χ0v) is 28.4. The number of carboxylic acid groups (broad SMARTS) is 1. The van der Waals surface area contributed by atoms with Gasteiger partial charge >= 0.3 is 5.97 Å². The quantitative estimate of drug-likeness (QED) is 0.183. The molecule has 3 aliphatic carbocycles. The Bertz CT molecular complexity index is 2030. The molecule has 0 saturated heterocycles. The van der Waals surface area contributed by atoms with Gasteiger partial charge in [-0.05, 0) is 104 Å². The monoisotopic (exact) mass is 660 g/mol. The minimum absolute atomic E-state index is 0.0137. The summed E-state index contributed by atoms with van der Waals surface area (Å²) in [6.07, 6.45) is 7.61. The number of benzene rings is 2. The predicted octanol–water partition coefficient (Wildman–Crippen LogP) is 7.84. The molecule has 3 unspecified atom stereocenters. The van der Waals surface area contributed by atoms with Gasteiger partial charge < -0.3 is 10.0 Å². The molecule has 2 aromatic carbocycles. The summed E-state index contributed by atoms with van der Waals surface area (Å²) in [5.41, 5.74) is 6.28. The van der Waals surface area contributed by atoms with Crippen LogP contribution in [0.15, 0.2) is 60.8 Å². The fraction of sp³-hybridized carbons (Fsp3) is 0.395. The lowest BCUT2D eigenvalue weighted by molar-refractivity contribution is -0.0179. The molecule has 246 valence electrons. The highest BCUT2D eigenvalue weighted by Crippen LogP contribution is 2.58. The molecule has 1 amide bonds. The average Bonchev–Trinajstić information content (AvgIpc) is 3.53. The van der Waals surface area contributed by atoms with Crippen LogP contribution in [-0.4, -0.2) is 43.3 Å². The Kier molecular flexibility index (Phi) is 7.58. The topological polar surface area (TPSA) is 113 Å². The molecule has 3 saturated carbocycles. The van der Waals surface area contributed by atoms with Gasteiger partial charge in [-0.15, -0.1) is 0 Å². The largest absolute Gasteiger partial charge is 0.476 e. The first-order valence-corrected chi connectivity index (χ1v) is 17.8. The zero-order valence-electron chi connectivity index (χ0n) is 27.6. The molecule has 3 fully saturated rings. The van der Waals surface area contributed by atoms with Crippen LogP contribution in [0.1, 0.15) is 77.2 Å². The number of thiazole rings is 1. The lowest BCUT2D eigenvalue weighted by atomic mass is 9.54. The third-order valence-corrected chi connectivity index (χ3v) is 12.4. The van der Waals surface area contributed by atoms with Crippen LogP contribution in [0.5, 0.6) is 0 Å². The second-order valence-corrected chi connectivity index (χ2v) is 15.4. The summed E-state index contributed by atoms with van der Waals surface area (Å²) in [5, 5.41) is 18.6. The van der Waals surface area contributed by atoms with Crippen molar-refractivity contribution in [1.29, 1.82) is 0 Å². The lowest BCUT2D eigenvalue weighted by Gasteiger charge is -2.51. The van der Waals surface area contributed by atoms with Gasteiger partial charge in [0, 0.05) is 42.0 Å². The summed E-state index contributed by atoms with van der Waals surface area (Å²) in [6.45, 7) is 8.87. The fourth-order valence-corrected chi connectivity index (χ4v) is 9.22. The van der Waals surface area contributed by atoms with E-state index < -0.39 is 5.97 Å². The summed E-state index contributed by atoms with van der Waals surface area (Å²) < 4.78 is 3.08. The van der Waals surface area contributed by atoms with E-state index in [9.17, 15) is 14.7 Å². The van der Waals surface area contributed by atoms with E-state index in [0.29, 0.717) is 46.5 Å². The Morgan fingerprint density at radius 1 is 1.00 bits per heavy atom. The molecule has 3 aromatic heterocycles. The summed E-state index contributed by atoms with van der Waals surface area (Å²) in [5.74, 6) is 1.51. The zero-order chi connectivity index (χ0) is 33.2. The number of aromatic nitrogens is 4. The molecule has 1 aliphatic heterocycles. The fourth-order valence-electron chi connectivity index (χ4n) is 8.36. The smallest absolute Gasteiger partial charge is 0.355 e. The van der Waals surface area contributed by atoms with Crippen molar-refractivity contribution in [3.05, 3.63) is 88.9 Å².